The minimum absolute atomic E-state index is 0.145. The van der Waals surface area contributed by atoms with Crippen molar-refractivity contribution < 1.29 is 91.3 Å². The van der Waals surface area contributed by atoms with Gasteiger partial charge in [0, 0.05) is 89.7 Å². The van der Waals surface area contributed by atoms with Crippen LogP contribution in [0.15, 0.2) is 298 Å². The van der Waals surface area contributed by atoms with E-state index in [1.165, 1.54) is 109 Å². The molecule has 0 bridgehead atoms. The predicted molar refractivity (Wildman–Crippen MR) is 475 cm³/mol. The van der Waals surface area contributed by atoms with Gasteiger partial charge in [0.1, 0.15) is 63.2 Å². The van der Waals surface area contributed by atoms with E-state index in [0.717, 1.165) is 32.8 Å². The number of carboxylic acid groups (broad SMARTS) is 7. The van der Waals surface area contributed by atoms with Crippen molar-refractivity contribution in [3.63, 3.8) is 0 Å². The van der Waals surface area contributed by atoms with Crippen LogP contribution in [-0.2, 0) is 0 Å². The highest BCUT2D eigenvalue weighted by Gasteiger charge is 2.21. The zero-order chi connectivity index (χ0) is 92.1. The average molecular weight is 1760 g/mol. The molecule has 12 aromatic carbocycles. The molecule has 35 heteroatoms. The molecule has 0 spiro atoms. The fourth-order valence-electron chi connectivity index (χ4n) is 13.8. The Morgan fingerprint density at radius 3 is 0.969 bits per heavy atom. The maximum absolute atomic E-state index is 13.8. The van der Waals surface area contributed by atoms with Gasteiger partial charge in [0.05, 0.1) is 88.9 Å². The molecule has 131 heavy (non-hydrogen) atoms. The van der Waals surface area contributed by atoms with Gasteiger partial charge in [0.25, 0.3) is 0 Å². The van der Waals surface area contributed by atoms with Crippen LogP contribution in [0.1, 0.15) is 72.5 Å². The third kappa shape index (κ3) is 19.7. The molecule has 21 aromatic rings. The number of fused-ring (bicyclic) bond motifs is 7. The Morgan fingerprint density at radius 2 is 0.580 bits per heavy atom. The monoisotopic (exact) mass is 1760 g/mol. The standard InChI is InChI=1S/5C14H9FN2O2.2C13H9N3O2/c15-9-4-1-3-8(7-9)12-10-5-2-6-11(14(18)19)13(10)17-16-12;2*15-10-3-1-2-8(6-10)13-11-7-9(14(18)19)4-5-12(11)16-17-13;15-10-3-1-2-8(6-10)13-11-5-4-9(14(18)19)7-12(11)16-17-13;15-11-4-2-1-3-9(11)13-10-7-8(14(18)19)5-6-12(10)16-17-13;17-13(18)8-3-4-11-10(6-8)12(16-15-11)9-2-1-5-14-7-9;17-13(18)8-4-5-10-9(7-8)12(16-15-10)11-3-1-2-6-14-11/h5*1-7H,(H,16,17)(H,18,19);2*1-7H,(H,15,16)(H,17,18). The van der Waals surface area contributed by atoms with Gasteiger partial charge in [0.2, 0.25) is 0 Å². The number of carboxylic acids is 7. The smallest absolute Gasteiger partial charge is 0.337 e. The molecule has 9 aromatic heterocycles. The van der Waals surface area contributed by atoms with Crippen LogP contribution in [0.2, 0.25) is 0 Å². The molecule has 0 fully saturated rings. The van der Waals surface area contributed by atoms with Crippen molar-refractivity contribution in [2.45, 2.75) is 0 Å². The van der Waals surface area contributed by atoms with E-state index in [9.17, 15) is 55.5 Å². The maximum Gasteiger partial charge on any atom is 0.337 e. The van der Waals surface area contributed by atoms with Crippen molar-refractivity contribution in [2.75, 3.05) is 0 Å². The molecule has 0 aliphatic carbocycles. The van der Waals surface area contributed by atoms with Crippen LogP contribution in [0.4, 0.5) is 22.0 Å². The first-order chi connectivity index (χ1) is 63.3. The summed E-state index contributed by atoms with van der Waals surface area (Å²) in [5.41, 5.74) is 14.4. The minimum atomic E-state index is -1.03. The number of hydrogen-bond donors (Lipinski definition) is 14. The summed E-state index contributed by atoms with van der Waals surface area (Å²) in [5.74, 6) is -8.77. The van der Waals surface area contributed by atoms with E-state index in [2.05, 4.69) is 81.3 Å². The number of H-pyrrole nitrogens is 7. The van der Waals surface area contributed by atoms with Crippen molar-refractivity contribution in [1.29, 1.82) is 0 Å². The van der Waals surface area contributed by atoms with Crippen LogP contribution in [0, 0.1) is 29.1 Å². The number of aromatic carboxylic acids is 7. The second-order valence-electron chi connectivity index (χ2n) is 28.4. The molecular weight excluding hydrogens is 1700 g/mol. The van der Waals surface area contributed by atoms with E-state index in [1.54, 1.807) is 158 Å². The zero-order valence-corrected chi connectivity index (χ0v) is 67.2. The first kappa shape index (κ1) is 87.1. The van der Waals surface area contributed by atoms with Crippen LogP contribution < -0.4 is 0 Å². The molecule has 0 aliphatic heterocycles. The highest BCUT2D eigenvalue weighted by molar-refractivity contribution is 6.07. The minimum Gasteiger partial charge on any atom is -0.478 e. The summed E-state index contributed by atoms with van der Waals surface area (Å²) >= 11 is 0. The van der Waals surface area contributed by atoms with Crippen molar-refractivity contribution in [3.05, 3.63) is 366 Å². The number of rotatable bonds is 14. The highest BCUT2D eigenvalue weighted by Crippen LogP contribution is 2.35. The molecule has 30 nitrogen and oxygen atoms in total. The van der Waals surface area contributed by atoms with Crippen LogP contribution >= 0.6 is 0 Å². The number of carbonyl (C=O) groups is 7. The lowest BCUT2D eigenvalue weighted by molar-refractivity contribution is 0.0686. The van der Waals surface area contributed by atoms with E-state index >= 15 is 0 Å². The molecule has 646 valence electrons. The van der Waals surface area contributed by atoms with Crippen molar-refractivity contribution in [1.82, 2.24) is 81.3 Å². The van der Waals surface area contributed by atoms with Crippen LogP contribution in [-0.4, -0.2) is 159 Å². The fourth-order valence-corrected chi connectivity index (χ4v) is 13.8. The second kappa shape index (κ2) is 38.5. The van der Waals surface area contributed by atoms with Crippen molar-refractivity contribution >= 4 is 118 Å². The first-order valence-corrected chi connectivity index (χ1v) is 38.9. The first-order valence-electron chi connectivity index (χ1n) is 38.9. The van der Waals surface area contributed by atoms with Gasteiger partial charge in [-0.25, -0.2) is 55.5 Å². The Labute approximate surface area is 731 Å². The summed E-state index contributed by atoms with van der Waals surface area (Å²) in [6, 6.07) is 72.9. The molecule has 0 aliphatic rings. The summed E-state index contributed by atoms with van der Waals surface area (Å²) in [5, 5.41) is 116. The van der Waals surface area contributed by atoms with Gasteiger partial charge >= 0.3 is 41.8 Å². The van der Waals surface area contributed by atoms with Gasteiger partial charge in [-0.05, 0) is 200 Å². The van der Waals surface area contributed by atoms with Gasteiger partial charge in [-0.1, -0.05) is 78.9 Å². The lowest BCUT2D eigenvalue weighted by Gasteiger charge is -2.00. The lowest BCUT2D eigenvalue weighted by atomic mass is 10.1. The van der Waals surface area contributed by atoms with Crippen LogP contribution in [0.5, 0.6) is 0 Å². The third-order valence-electron chi connectivity index (χ3n) is 20.1. The zero-order valence-electron chi connectivity index (χ0n) is 67.2. The molecule has 0 atom stereocenters. The van der Waals surface area contributed by atoms with E-state index in [-0.39, 0.29) is 62.2 Å². The van der Waals surface area contributed by atoms with Crippen LogP contribution in [0.3, 0.4) is 0 Å². The molecule has 0 radical (unpaired) electrons. The molecule has 14 N–H and O–H groups in total. The summed E-state index contributed by atoms with van der Waals surface area (Å²) in [6.07, 6.45) is 5.06. The number of hydrogen-bond acceptors (Lipinski definition) is 16. The number of nitrogens with one attached hydrogen (secondary N) is 7. The molecule has 0 saturated heterocycles. The Balaban J connectivity index is 0.000000117. The van der Waals surface area contributed by atoms with Gasteiger partial charge in [0.15, 0.2) is 0 Å². The number of pyridine rings is 2. The van der Waals surface area contributed by atoms with Gasteiger partial charge in [-0.2, -0.15) is 35.7 Å². The third-order valence-corrected chi connectivity index (χ3v) is 20.1. The number of benzene rings is 12. The lowest BCUT2D eigenvalue weighted by Crippen LogP contribution is -1.96. The Morgan fingerprint density at radius 1 is 0.244 bits per heavy atom. The maximum atomic E-state index is 13.8. The number of aromatic amines is 7. The fraction of sp³-hybridized carbons (Fsp3) is 0. The number of aromatic nitrogens is 16. The van der Waals surface area contributed by atoms with Gasteiger partial charge in [-0.3, -0.25) is 45.7 Å². The van der Waals surface area contributed by atoms with Gasteiger partial charge < -0.3 is 35.7 Å². The van der Waals surface area contributed by atoms with E-state index in [1.807, 2.05) is 30.3 Å². The molecule has 0 saturated carbocycles. The summed E-state index contributed by atoms with van der Waals surface area (Å²) in [4.78, 5) is 85.1. The Hall–Kier alpha value is -18.8. The van der Waals surface area contributed by atoms with E-state index < -0.39 is 47.6 Å². The van der Waals surface area contributed by atoms with Crippen LogP contribution in [0.25, 0.3) is 155 Å². The van der Waals surface area contributed by atoms with Gasteiger partial charge in [-0.15, -0.1) is 0 Å². The normalized spacial score (nSPS) is 10.8. The molecular formula is C96H63F5N16O14. The van der Waals surface area contributed by atoms with Crippen molar-refractivity contribution in [3.8, 4) is 78.9 Å². The number of halogens is 5. The number of nitrogens with zero attached hydrogens (tertiary/aromatic N) is 9. The summed E-state index contributed by atoms with van der Waals surface area (Å²) in [6.45, 7) is 0. The highest BCUT2D eigenvalue weighted by atomic mass is 19.1. The Bertz CT molecular complexity index is 7610. The largest absolute Gasteiger partial charge is 0.478 e. The topological polar surface area (TPSA) is 488 Å². The summed E-state index contributed by atoms with van der Waals surface area (Å²) in [7, 11) is 0. The molecule has 0 unspecified atom stereocenters. The number of para-hydroxylation sites is 1. The quantitative estimate of drug-likeness (QED) is 0.0450. The molecule has 9 heterocycles. The summed E-state index contributed by atoms with van der Waals surface area (Å²) < 4.78 is 66.7. The predicted octanol–water partition coefficient (Wildman–Crippen LogP) is 20.0. The van der Waals surface area contributed by atoms with E-state index in [0.29, 0.717) is 122 Å². The van der Waals surface area contributed by atoms with Crippen molar-refractivity contribution in [2.24, 2.45) is 0 Å². The average Bonchev–Trinajstić information content (AvgIpc) is 1.65. The SMILES string of the molecule is O=C(O)c1ccc2[nH]nc(-c3cccc(F)c3)c2c1.O=C(O)c1ccc2[nH]nc(-c3cccc(F)c3)c2c1.O=C(O)c1ccc2[nH]nc(-c3ccccc3F)c2c1.O=C(O)c1ccc2[nH]nc(-c3ccccn3)c2c1.O=C(O)c1ccc2[nH]nc(-c3cccnc3)c2c1.O=C(O)c1ccc2c(-c3cccc(F)c3)n[nH]c2c1.O=C(O)c1cccc2c(-c3cccc(F)c3)n[nH]c12. The van der Waals surface area contributed by atoms with E-state index in [4.69, 9.17) is 35.7 Å². The Kier molecular flexibility index (Phi) is 25.6. The second-order valence-corrected chi connectivity index (χ2v) is 28.4. The molecule has 21 rings (SSSR count). The molecule has 0 amide bonds.